The average Bonchev–Trinajstić information content (AvgIpc) is 2.84. The van der Waals surface area contributed by atoms with E-state index < -0.39 is 5.97 Å². The van der Waals surface area contributed by atoms with Crippen LogP contribution in [0.15, 0.2) is 30.6 Å². The molecule has 0 aliphatic rings. The highest BCUT2D eigenvalue weighted by Crippen LogP contribution is 2.28. The molecule has 0 atom stereocenters. The van der Waals surface area contributed by atoms with Gasteiger partial charge in [0, 0.05) is 12.4 Å². The van der Waals surface area contributed by atoms with E-state index in [0.29, 0.717) is 17.2 Å². The lowest BCUT2D eigenvalue weighted by Gasteiger charge is -2.08. The van der Waals surface area contributed by atoms with Crippen molar-refractivity contribution in [2.45, 2.75) is 6.92 Å². The first kappa shape index (κ1) is 13.7. The second-order valence-corrected chi connectivity index (χ2v) is 5.39. The van der Waals surface area contributed by atoms with Gasteiger partial charge in [-0.15, -0.1) is 10.2 Å². The molecule has 0 radical (unpaired) electrons. The van der Waals surface area contributed by atoms with Crippen LogP contribution in [0, 0.1) is 10.5 Å². The molecule has 7 nitrogen and oxygen atoms in total. The van der Waals surface area contributed by atoms with E-state index in [9.17, 15) is 4.79 Å². The summed E-state index contributed by atoms with van der Waals surface area (Å²) < 4.78 is 8.24. The first-order chi connectivity index (χ1) is 10.1. The van der Waals surface area contributed by atoms with Gasteiger partial charge in [-0.25, -0.2) is 9.78 Å². The SMILES string of the molecule is Cc1nnc2c(Oc3cc(C(=O)O)ccc3I)nccn12. The van der Waals surface area contributed by atoms with Crippen molar-refractivity contribution in [1.29, 1.82) is 0 Å². The quantitative estimate of drug-likeness (QED) is 0.685. The third-order valence-electron chi connectivity index (χ3n) is 2.85. The maximum atomic E-state index is 11.0. The Balaban J connectivity index is 2.06. The number of rotatable bonds is 3. The number of hydrogen-bond acceptors (Lipinski definition) is 5. The van der Waals surface area contributed by atoms with E-state index in [-0.39, 0.29) is 11.4 Å². The van der Waals surface area contributed by atoms with Gasteiger partial charge >= 0.3 is 5.97 Å². The number of carbonyl (C=O) groups is 1. The van der Waals surface area contributed by atoms with Gasteiger partial charge in [0.15, 0.2) is 0 Å². The van der Waals surface area contributed by atoms with Gasteiger partial charge < -0.3 is 9.84 Å². The molecule has 1 aromatic carbocycles. The lowest BCUT2D eigenvalue weighted by molar-refractivity contribution is 0.0696. The Hall–Kier alpha value is -2.23. The Labute approximate surface area is 132 Å². The van der Waals surface area contributed by atoms with Gasteiger partial charge in [0.05, 0.1) is 9.13 Å². The molecule has 0 unspecified atom stereocenters. The van der Waals surface area contributed by atoms with Crippen LogP contribution in [-0.4, -0.2) is 30.7 Å². The fourth-order valence-electron chi connectivity index (χ4n) is 1.81. The molecule has 2 aromatic heterocycles. The zero-order valence-electron chi connectivity index (χ0n) is 10.8. The van der Waals surface area contributed by atoms with Crippen LogP contribution in [0.1, 0.15) is 16.2 Å². The minimum absolute atomic E-state index is 0.148. The fourth-order valence-corrected chi connectivity index (χ4v) is 2.26. The fraction of sp³-hybridized carbons (Fsp3) is 0.0769. The summed E-state index contributed by atoms with van der Waals surface area (Å²) in [5.41, 5.74) is 0.626. The Bertz CT molecular complexity index is 847. The molecule has 8 heteroatoms. The van der Waals surface area contributed by atoms with Gasteiger partial charge in [-0.2, -0.15) is 0 Å². The Morgan fingerprint density at radius 3 is 2.95 bits per heavy atom. The molecule has 21 heavy (non-hydrogen) atoms. The number of nitrogens with zero attached hydrogens (tertiary/aromatic N) is 4. The first-order valence-corrected chi connectivity index (χ1v) is 7.01. The minimum atomic E-state index is -1.01. The van der Waals surface area contributed by atoms with Crippen molar-refractivity contribution in [3.63, 3.8) is 0 Å². The van der Waals surface area contributed by atoms with Crippen LogP contribution in [0.2, 0.25) is 0 Å². The van der Waals surface area contributed by atoms with E-state index in [1.807, 2.05) is 6.92 Å². The Morgan fingerprint density at radius 1 is 1.38 bits per heavy atom. The van der Waals surface area contributed by atoms with E-state index in [0.717, 1.165) is 3.57 Å². The topological polar surface area (TPSA) is 89.6 Å². The van der Waals surface area contributed by atoms with Gasteiger partial charge in [-0.1, -0.05) is 0 Å². The monoisotopic (exact) mass is 396 g/mol. The van der Waals surface area contributed by atoms with Gasteiger partial charge in [-0.3, -0.25) is 4.40 Å². The Kier molecular flexibility index (Phi) is 3.45. The Morgan fingerprint density at radius 2 is 2.19 bits per heavy atom. The van der Waals surface area contributed by atoms with Gasteiger partial charge in [0.1, 0.15) is 11.6 Å². The third-order valence-corrected chi connectivity index (χ3v) is 3.74. The molecular weight excluding hydrogens is 387 g/mol. The highest BCUT2D eigenvalue weighted by Gasteiger charge is 2.13. The number of carboxylic acids is 1. The van der Waals surface area contributed by atoms with Crippen molar-refractivity contribution < 1.29 is 14.6 Å². The molecule has 106 valence electrons. The van der Waals surface area contributed by atoms with E-state index in [2.05, 4.69) is 37.8 Å². The number of aromatic carboxylic acids is 1. The summed E-state index contributed by atoms with van der Waals surface area (Å²) in [4.78, 5) is 15.2. The van der Waals surface area contributed by atoms with Crippen molar-refractivity contribution in [3.05, 3.63) is 45.6 Å². The molecule has 0 spiro atoms. The molecule has 0 bridgehead atoms. The highest BCUT2D eigenvalue weighted by molar-refractivity contribution is 14.1. The summed E-state index contributed by atoms with van der Waals surface area (Å²) in [6, 6.07) is 4.65. The average molecular weight is 396 g/mol. The van der Waals surface area contributed by atoms with Gasteiger partial charge in [0.2, 0.25) is 5.65 Å². The van der Waals surface area contributed by atoms with Crippen LogP contribution in [0.3, 0.4) is 0 Å². The summed E-state index contributed by atoms with van der Waals surface area (Å²) in [7, 11) is 0. The van der Waals surface area contributed by atoms with Crippen LogP contribution in [0.5, 0.6) is 11.6 Å². The second-order valence-electron chi connectivity index (χ2n) is 4.23. The predicted octanol–water partition coefficient (Wildman–Crippen LogP) is 2.53. The molecular formula is C13H9IN4O3. The molecule has 1 N–H and O–H groups in total. The largest absolute Gasteiger partial charge is 0.478 e. The molecule has 0 aliphatic heterocycles. The predicted molar refractivity (Wildman–Crippen MR) is 81.7 cm³/mol. The smallest absolute Gasteiger partial charge is 0.335 e. The van der Waals surface area contributed by atoms with Crippen LogP contribution < -0.4 is 4.74 Å². The molecule has 0 saturated carbocycles. The lowest BCUT2D eigenvalue weighted by atomic mass is 10.2. The number of fused-ring (bicyclic) bond motifs is 1. The van der Waals surface area contributed by atoms with E-state index >= 15 is 0 Å². The van der Waals surface area contributed by atoms with Gasteiger partial charge in [0.25, 0.3) is 5.88 Å². The number of aromatic nitrogens is 4. The normalized spacial score (nSPS) is 10.8. The van der Waals surface area contributed by atoms with E-state index in [1.165, 1.54) is 12.1 Å². The minimum Gasteiger partial charge on any atom is -0.478 e. The number of ether oxygens (including phenoxy) is 1. The number of benzene rings is 1. The lowest BCUT2D eigenvalue weighted by Crippen LogP contribution is -1.99. The molecule has 0 amide bonds. The standard InChI is InChI=1S/C13H9IN4O3/c1-7-16-17-11-12(15-4-5-18(7)11)21-10-6-8(13(19)20)2-3-9(10)14/h2-6H,1H3,(H,19,20). The number of carboxylic acid groups (broad SMARTS) is 1. The maximum absolute atomic E-state index is 11.0. The van der Waals surface area contributed by atoms with E-state index in [4.69, 9.17) is 9.84 Å². The summed E-state index contributed by atoms with van der Waals surface area (Å²) in [6.07, 6.45) is 3.31. The second kappa shape index (κ2) is 5.28. The summed E-state index contributed by atoms with van der Waals surface area (Å²) in [5, 5.41) is 17.0. The van der Waals surface area contributed by atoms with Crippen molar-refractivity contribution in [1.82, 2.24) is 19.6 Å². The molecule has 2 heterocycles. The summed E-state index contributed by atoms with van der Waals surface area (Å²) in [6.45, 7) is 1.82. The van der Waals surface area contributed by atoms with E-state index in [1.54, 1.807) is 22.9 Å². The number of aryl methyl sites for hydroxylation is 1. The van der Waals surface area contributed by atoms with Gasteiger partial charge in [-0.05, 0) is 47.7 Å². The van der Waals surface area contributed by atoms with Crippen LogP contribution >= 0.6 is 22.6 Å². The number of halogens is 1. The highest BCUT2D eigenvalue weighted by atomic mass is 127. The maximum Gasteiger partial charge on any atom is 0.335 e. The zero-order valence-corrected chi connectivity index (χ0v) is 13.0. The van der Waals surface area contributed by atoms with Crippen molar-refractivity contribution >= 4 is 34.2 Å². The molecule has 0 saturated heterocycles. The molecule has 0 fully saturated rings. The van der Waals surface area contributed by atoms with Crippen molar-refractivity contribution in [2.24, 2.45) is 0 Å². The number of hydrogen-bond donors (Lipinski definition) is 1. The zero-order chi connectivity index (χ0) is 15.0. The van der Waals surface area contributed by atoms with Crippen molar-refractivity contribution in [3.8, 4) is 11.6 Å². The first-order valence-electron chi connectivity index (χ1n) is 5.93. The van der Waals surface area contributed by atoms with Crippen LogP contribution in [-0.2, 0) is 0 Å². The molecule has 3 aromatic rings. The van der Waals surface area contributed by atoms with Crippen molar-refractivity contribution in [2.75, 3.05) is 0 Å². The summed E-state index contributed by atoms with van der Waals surface area (Å²) in [5.74, 6) is 0.391. The molecule has 0 aliphatic carbocycles. The van der Waals surface area contributed by atoms with Crippen LogP contribution in [0.25, 0.3) is 5.65 Å². The third kappa shape index (κ3) is 2.53. The summed E-state index contributed by atoms with van der Waals surface area (Å²) >= 11 is 2.07. The molecule has 3 rings (SSSR count). The van der Waals surface area contributed by atoms with Crippen LogP contribution in [0.4, 0.5) is 0 Å².